The van der Waals surface area contributed by atoms with Crippen molar-refractivity contribution < 1.29 is 14.3 Å². The molecule has 1 saturated heterocycles. The van der Waals surface area contributed by atoms with Crippen molar-refractivity contribution in [2.75, 3.05) is 29.9 Å². The lowest BCUT2D eigenvalue weighted by Crippen LogP contribution is -2.31. The number of carbonyl (C=O) groups excluding carboxylic acids is 2. The summed E-state index contributed by atoms with van der Waals surface area (Å²) in [5, 5.41) is 2.80. The van der Waals surface area contributed by atoms with E-state index in [2.05, 4.69) is 20.2 Å². The molecule has 1 amide bonds. The Morgan fingerprint density at radius 1 is 1.22 bits per heavy atom. The third kappa shape index (κ3) is 4.61. The van der Waals surface area contributed by atoms with Crippen molar-refractivity contribution >= 4 is 23.5 Å². The molecule has 7 nitrogen and oxygen atoms in total. The Hall–Kier alpha value is -2.96. The number of benzene rings is 1. The van der Waals surface area contributed by atoms with Crippen molar-refractivity contribution in [3.8, 4) is 0 Å². The molecule has 1 aliphatic rings. The smallest absolute Gasteiger partial charge is 0.338 e. The van der Waals surface area contributed by atoms with Gasteiger partial charge in [0.05, 0.1) is 23.4 Å². The molecule has 2 heterocycles. The van der Waals surface area contributed by atoms with E-state index < -0.39 is 5.97 Å². The number of aromatic nitrogens is 2. The number of carbonyl (C=O) groups is 2. The van der Waals surface area contributed by atoms with Gasteiger partial charge in [0.1, 0.15) is 0 Å². The van der Waals surface area contributed by atoms with E-state index in [0.29, 0.717) is 35.1 Å². The maximum absolute atomic E-state index is 12.6. The van der Waals surface area contributed by atoms with Crippen LogP contribution in [0.5, 0.6) is 0 Å². The van der Waals surface area contributed by atoms with Gasteiger partial charge in [-0.3, -0.25) is 4.79 Å². The van der Waals surface area contributed by atoms with E-state index in [-0.39, 0.29) is 5.91 Å². The Balaban J connectivity index is 1.72. The molecular formula is C20H24N4O3. The molecule has 142 valence electrons. The molecular weight excluding hydrogens is 344 g/mol. The van der Waals surface area contributed by atoms with Crippen molar-refractivity contribution in [3.05, 3.63) is 47.3 Å². The minimum Gasteiger partial charge on any atom is -0.462 e. The molecule has 0 spiro atoms. The third-order valence-corrected chi connectivity index (χ3v) is 4.48. The predicted molar refractivity (Wildman–Crippen MR) is 103 cm³/mol. The lowest BCUT2D eigenvalue weighted by molar-refractivity contribution is 0.0526. The second-order valence-electron chi connectivity index (χ2n) is 6.47. The van der Waals surface area contributed by atoms with Gasteiger partial charge in [0.25, 0.3) is 5.91 Å². The molecule has 1 aromatic heterocycles. The van der Waals surface area contributed by atoms with Crippen LogP contribution in [-0.2, 0) is 4.74 Å². The Kier molecular flexibility index (Phi) is 6.01. The number of esters is 1. The van der Waals surface area contributed by atoms with Crippen molar-refractivity contribution in [1.29, 1.82) is 0 Å². The summed E-state index contributed by atoms with van der Waals surface area (Å²) in [7, 11) is 0. The number of piperidine rings is 1. The van der Waals surface area contributed by atoms with Gasteiger partial charge in [0, 0.05) is 25.0 Å². The van der Waals surface area contributed by atoms with E-state index in [9.17, 15) is 9.59 Å². The van der Waals surface area contributed by atoms with Gasteiger partial charge in [-0.15, -0.1) is 0 Å². The molecule has 0 atom stereocenters. The zero-order valence-corrected chi connectivity index (χ0v) is 15.7. The monoisotopic (exact) mass is 368 g/mol. The van der Waals surface area contributed by atoms with Crippen LogP contribution in [0.15, 0.2) is 30.5 Å². The fourth-order valence-electron chi connectivity index (χ4n) is 3.06. The molecule has 1 aliphatic heterocycles. The summed E-state index contributed by atoms with van der Waals surface area (Å²) in [6.45, 7) is 5.76. The van der Waals surface area contributed by atoms with Crippen molar-refractivity contribution in [2.45, 2.75) is 33.1 Å². The van der Waals surface area contributed by atoms with Crippen LogP contribution in [0, 0.1) is 6.92 Å². The molecule has 1 N–H and O–H groups in total. The summed E-state index contributed by atoms with van der Waals surface area (Å²) in [6, 6.07) is 6.66. The van der Waals surface area contributed by atoms with Gasteiger partial charge in [0.2, 0.25) is 5.95 Å². The maximum Gasteiger partial charge on any atom is 0.338 e. The summed E-state index contributed by atoms with van der Waals surface area (Å²) in [5.74, 6) is -0.0502. The molecule has 1 fully saturated rings. The van der Waals surface area contributed by atoms with Gasteiger partial charge in [-0.25, -0.2) is 14.8 Å². The zero-order valence-electron chi connectivity index (χ0n) is 15.7. The standard InChI is InChI=1S/C20H24N4O3/c1-3-27-19(26)15-8-7-9-16(12-15)23-18(25)17-13-21-20(22-14(17)2)24-10-5-4-6-11-24/h7-9,12-13H,3-6,10-11H2,1-2H3,(H,23,25). The highest BCUT2D eigenvalue weighted by molar-refractivity contribution is 6.05. The molecule has 27 heavy (non-hydrogen) atoms. The summed E-state index contributed by atoms with van der Waals surface area (Å²) < 4.78 is 4.99. The fourth-order valence-corrected chi connectivity index (χ4v) is 3.06. The summed E-state index contributed by atoms with van der Waals surface area (Å²) in [4.78, 5) is 35.5. The number of anilines is 2. The molecule has 0 saturated carbocycles. The van der Waals surface area contributed by atoms with Crippen molar-refractivity contribution in [3.63, 3.8) is 0 Å². The van der Waals surface area contributed by atoms with E-state index in [1.165, 1.54) is 6.42 Å². The van der Waals surface area contributed by atoms with Crippen LogP contribution in [0.25, 0.3) is 0 Å². The largest absolute Gasteiger partial charge is 0.462 e. The second kappa shape index (κ2) is 8.62. The summed E-state index contributed by atoms with van der Waals surface area (Å²) in [5.41, 5.74) is 1.95. The first-order chi connectivity index (χ1) is 13.1. The van der Waals surface area contributed by atoms with Crippen molar-refractivity contribution in [2.24, 2.45) is 0 Å². The van der Waals surface area contributed by atoms with Crippen LogP contribution in [0.4, 0.5) is 11.6 Å². The second-order valence-corrected chi connectivity index (χ2v) is 6.47. The van der Waals surface area contributed by atoms with E-state index in [1.807, 2.05) is 0 Å². The number of nitrogens with one attached hydrogen (secondary N) is 1. The van der Waals surface area contributed by atoms with E-state index >= 15 is 0 Å². The SMILES string of the molecule is CCOC(=O)c1cccc(NC(=O)c2cnc(N3CCCCC3)nc2C)c1. The first-order valence-electron chi connectivity index (χ1n) is 9.25. The van der Waals surface area contributed by atoms with E-state index in [1.54, 1.807) is 44.3 Å². The number of ether oxygens (including phenoxy) is 1. The van der Waals surface area contributed by atoms with Crippen LogP contribution in [0.2, 0.25) is 0 Å². The number of hydrogen-bond acceptors (Lipinski definition) is 6. The lowest BCUT2D eigenvalue weighted by Gasteiger charge is -2.26. The Morgan fingerprint density at radius 2 is 2.00 bits per heavy atom. The average molecular weight is 368 g/mol. The molecule has 3 rings (SSSR count). The molecule has 0 bridgehead atoms. The molecule has 0 aliphatic carbocycles. The van der Waals surface area contributed by atoms with Crippen molar-refractivity contribution in [1.82, 2.24) is 9.97 Å². The highest BCUT2D eigenvalue weighted by Crippen LogP contribution is 2.18. The molecule has 2 aromatic rings. The maximum atomic E-state index is 12.6. The minimum atomic E-state index is -0.418. The first-order valence-corrected chi connectivity index (χ1v) is 9.25. The normalized spacial score (nSPS) is 13.9. The number of rotatable bonds is 5. The first kappa shape index (κ1) is 18.8. The predicted octanol–water partition coefficient (Wildman–Crippen LogP) is 3.20. The van der Waals surface area contributed by atoms with Gasteiger partial charge in [-0.2, -0.15) is 0 Å². The molecule has 0 radical (unpaired) electrons. The molecule has 0 unspecified atom stereocenters. The van der Waals surface area contributed by atoms with Crippen LogP contribution >= 0.6 is 0 Å². The highest BCUT2D eigenvalue weighted by atomic mass is 16.5. The van der Waals surface area contributed by atoms with Crippen LogP contribution in [0.3, 0.4) is 0 Å². The molecule has 1 aromatic carbocycles. The van der Waals surface area contributed by atoms with E-state index in [4.69, 9.17) is 4.74 Å². The number of aryl methyl sites for hydroxylation is 1. The van der Waals surface area contributed by atoms with Gasteiger partial charge in [0.15, 0.2) is 0 Å². The summed E-state index contributed by atoms with van der Waals surface area (Å²) in [6.07, 6.45) is 5.08. The Morgan fingerprint density at radius 3 is 2.70 bits per heavy atom. The van der Waals surface area contributed by atoms with Gasteiger partial charge >= 0.3 is 5.97 Å². The van der Waals surface area contributed by atoms with E-state index in [0.717, 1.165) is 25.9 Å². The summed E-state index contributed by atoms with van der Waals surface area (Å²) >= 11 is 0. The Bertz CT molecular complexity index is 832. The quantitative estimate of drug-likeness (QED) is 0.816. The third-order valence-electron chi connectivity index (χ3n) is 4.48. The average Bonchev–Trinajstić information content (AvgIpc) is 2.69. The fraction of sp³-hybridized carbons (Fsp3) is 0.400. The molecule has 7 heteroatoms. The number of hydrogen-bond donors (Lipinski definition) is 1. The topological polar surface area (TPSA) is 84.4 Å². The van der Waals surface area contributed by atoms with Gasteiger partial charge in [-0.05, 0) is 51.3 Å². The zero-order chi connectivity index (χ0) is 19.2. The number of nitrogens with zero attached hydrogens (tertiary/aromatic N) is 3. The Labute approximate surface area is 158 Å². The van der Waals surface area contributed by atoms with Crippen LogP contribution < -0.4 is 10.2 Å². The van der Waals surface area contributed by atoms with Crippen LogP contribution in [-0.4, -0.2) is 41.5 Å². The van der Waals surface area contributed by atoms with Crippen LogP contribution in [0.1, 0.15) is 52.6 Å². The van der Waals surface area contributed by atoms with Gasteiger partial charge < -0.3 is 15.0 Å². The minimum absolute atomic E-state index is 0.301. The number of amides is 1. The van der Waals surface area contributed by atoms with Gasteiger partial charge in [-0.1, -0.05) is 6.07 Å². The lowest BCUT2D eigenvalue weighted by atomic mass is 10.1. The highest BCUT2D eigenvalue weighted by Gasteiger charge is 2.17.